The molecule has 5 rings (SSSR count). The van der Waals surface area contributed by atoms with Crippen LogP contribution in [0.25, 0.3) is 0 Å². The van der Waals surface area contributed by atoms with E-state index in [1.165, 1.54) is 0 Å². The number of hydrogen-bond acceptors (Lipinski definition) is 6. The van der Waals surface area contributed by atoms with Crippen LogP contribution in [0.4, 0.5) is 0 Å². The summed E-state index contributed by atoms with van der Waals surface area (Å²) < 4.78 is 17.6. The molecular formula is C27H26BrNO5. The highest BCUT2D eigenvalue weighted by molar-refractivity contribution is 9.10. The summed E-state index contributed by atoms with van der Waals surface area (Å²) in [7, 11) is 0. The van der Waals surface area contributed by atoms with Gasteiger partial charge in [0, 0.05) is 33.8 Å². The summed E-state index contributed by atoms with van der Waals surface area (Å²) in [6, 6.07) is 13.2. The van der Waals surface area contributed by atoms with E-state index in [1.807, 2.05) is 49.4 Å². The van der Waals surface area contributed by atoms with Crippen LogP contribution in [0.1, 0.15) is 50.7 Å². The summed E-state index contributed by atoms with van der Waals surface area (Å²) in [6.45, 7) is 6.33. The highest BCUT2D eigenvalue weighted by Crippen LogP contribution is 2.50. The van der Waals surface area contributed by atoms with Crippen molar-refractivity contribution in [1.29, 1.82) is 0 Å². The minimum atomic E-state index is -0.577. The summed E-state index contributed by atoms with van der Waals surface area (Å²) in [5.74, 6) is 0.231. The van der Waals surface area contributed by atoms with Gasteiger partial charge in [-0.05, 0) is 42.0 Å². The van der Waals surface area contributed by atoms with Crippen LogP contribution in [0.5, 0.6) is 11.5 Å². The van der Waals surface area contributed by atoms with E-state index in [2.05, 4.69) is 35.1 Å². The molecule has 0 spiro atoms. The molecule has 1 aliphatic carbocycles. The predicted molar refractivity (Wildman–Crippen MR) is 130 cm³/mol. The van der Waals surface area contributed by atoms with Crippen molar-refractivity contribution in [3.05, 3.63) is 80.6 Å². The third kappa shape index (κ3) is 4.13. The maximum atomic E-state index is 13.5. The number of halogens is 1. The molecule has 0 amide bonds. The number of carbonyl (C=O) groups is 2. The number of dihydropyridines is 1. The molecule has 0 saturated carbocycles. The highest BCUT2D eigenvalue weighted by Gasteiger charge is 2.44. The van der Waals surface area contributed by atoms with E-state index in [9.17, 15) is 9.59 Å². The van der Waals surface area contributed by atoms with E-state index in [-0.39, 0.29) is 24.6 Å². The van der Waals surface area contributed by atoms with Gasteiger partial charge in [-0.15, -0.1) is 0 Å². The Morgan fingerprint density at radius 3 is 2.59 bits per heavy atom. The molecule has 2 aliphatic heterocycles. The van der Waals surface area contributed by atoms with E-state index < -0.39 is 11.9 Å². The number of carbonyl (C=O) groups excluding carboxylic acids is 2. The second kappa shape index (κ2) is 8.62. The predicted octanol–water partition coefficient (Wildman–Crippen LogP) is 5.53. The fourth-order valence-corrected chi connectivity index (χ4v) is 5.52. The molecule has 2 aromatic rings. The van der Waals surface area contributed by atoms with Gasteiger partial charge in [0.15, 0.2) is 17.3 Å². The third-order valence-electron chi connectivity index (χ3n) is 6.48. The summed E-state index contributed by atoms with van der Waals surface area (Å²) in [5.41, 5.74) is 4.13. The second-order valence-electron chi connectivity index (χ2n) is 9.72. The van der Waals surface area contributed by atoms with Gasteiger partial charge in [0.1, 0.15) is 6.61 Å². The van der Waals surface area contributed by atoms with Gasteiger partial charge in [0.2, 0.25) is 6.79 Å². The first-order valence-electron chi connectivity index (χ1n) is 11.3. The van der Waals surface area contributed by atoms with Crippen LogP contribution in [0, 0.1) is 5.41 Å². The average molecular weight is 524 g/mol. The number of fused-ring (bicyclic) bond motifs is 1. The van der Waals surface area contributed by atoms with Crippen molar-refractivity contribution >= 4 is 27.7 Å². The van der Waals surface area contributed by atoms with Crippen LogP contribution in [0.15, 0.2) is 69.5 Å². The topological polar surface area (TPSA) is 73.9 Å². The van der Waals surface area contributed by atoms with E-state index >= 15 is 0 Å². The van der Waals surface area contributed by atoms with Crippen molar-refractivity contribution in [1.82, 2.24) is 5.32 Å². The van der Waals surface area contributed by atoms with Crippen molar-refractivity contribution in [2.75, 3.05) is 6.79 Å². The Morgan fingerprint density at radius 2 is 1.85 bits per heavy atom. The van der Waals surface area contributed by atoms with Gasteiger partial charge in [-0.1, -0.05) is 60.1 Å². The lowest BCUT2D eigenvalue weighted by Crippen LogP contribution is -2.38. The maximum absolute atomic E-state index is 13.5. The largest absolute Gasteiger partial charge is 0.457 e. The van der Waals surface area contributed by atoms with E-state index in [0.717, 1.165) is 27.7 Å². The van der Waals surface area contributed by atoms with Gasteiger partial charge >= 0.3 is 5.97 Å². The molecule has 0 radical (unpaired) electrons. The average Bonchev–Trinajstić information content (AvgIpc) is 3.23. The van der Waals surface area contributed by atoms with Crippen LogP contribution in [-0.4, -0.2) is 18.5 Å². The Balaban J connectivity index is 1.59. The normalized spacial score (nSPS) is 20.7. The van der Waals surface area contributed by atoms with Crippen LogP contribution < -0.4 is 14.8 Å². The van der Waals surface area contributed by atoms with E-state index in [0.29, 0.717) is 34.8 Å². The van der Waals surface area contributed by atoms with Gasteiger partial charge in [-0.25, -0.2) is 4.79 Å². The lowest BCUT2D eigenvalue weighted by atomic mass is 9.68. The van der Waals surface area contributed by atoms with Gasteiger partial charge in [0.25, 0.3) is 0 Å². The second-order valence-corrected chi connectivity index (χ2v) is 10.6. The Labute approximate surface area is 207 Å². The number of nitrogens with one attached hydrogen (secondary N) is 1. The first-order chi connectivity index (χ1) is 16.2. The minimum Gasteiger partial charge on any atom is -0.457 e. The Hall–Kier alpha value is -3.06. The molecule has 176 valence electrons. The summed E-state index contributed by atoms with van der Waals surface area (Å²) >= 11 is 3.65. The number of esters is 1. The molecule has 6 nitrogen and oxygen atoms in total. The van der Waals surface area contributed by atoms with Crippen molar-refractivity contribution in [3.63, 3.8) is 0 Å². The first kappa shape index (κ1) is 22.7. The van der Waals surface area contributed by atoms with Crippen molar-refractivity contribution in [3.8, 4) is 11.5 Å². The smallest absolute Gasteiger partial charge is 0.337 e. The van der Waals surface area contributed by atoms with Crippen LogP contribution in [0.2, 0.25) is 0 Å². The molecule has 0 fully saturated rings. The number of allylic oxidation sites excluding steroid dienone is 3. The Bertz CT molecular complexity index is 1250. The molecule has 0 unspecified atom stereocenters. The number of benzene rings is 2. The molecule has 2 heterocycles. The molecule has 7 heteroatoms. The molecule has 0 bridgehead atoms. The number of rotatable bonds is 4. The van der Waals surface area contributed by atoms with Gasteiger partial charge in [-0.2, -0.15) is 0 Å². The summed E-state index contributed by atoms with van der Waals surface area (Å²) in [4.78, 5) is 27.0. The molecule has 34 heavy (non-hydrogen) atoms. The maximum Gasteiger partial charge on any atom is 0.337 e. The molecule has 2 aromatic carbocycles. The van der Waals surface area contributed by atoms with Crippen molar-refractivity contribution in [2.45, 2.75) is 46.1 Å². The van der Waals surface area contributed by atoms with Crippen LogP contribution >= 0.6 is 15.9 Å². The van der Waals surface area contributed by atoms with Crippen molar-refractivity contribution in [2.24, 2.45) is 5.41 Å². The SMILES string of the molecule is CC1=C(C(=O)OCc2ccccc2)[C@@H](c2cc3c(cc2Br)OCO3)C2=C(CC(C)(C)CC2=O)N1. The molecule has 1 N–H and O–H groups in total. The quantitative estimate of drug-likeness (QED) is 0.531. The van der Waals surface area contributed by atoms with Gasteiger partial charge < -0.3 is 19.5 Å². The molecule has 3 aliphatic rings. The minimum absolute atomic E-state index is 0.0363. The zero-order valence-electron chi connectivity index (χ0n) is 19.4. The Kier molecular flexibility index (Phi) is 5.76. The monoisotopic (exact) mass is 523 g/mol. The lowest BCUT2D eigenvalue weighted by Gasteiger charge is -2.39. The van der Waals surface area contributed by atoms with Gasteiger partial charge in [-0.3, -0.25) is 4.79 Å². The summed E-state index contributed by atoms with van der Waals surface area (Å²) in [5, 5.41) is 3.37. The third-order valence-corrected chi connectivity index (χ3v) is 7.16. The number of ketones is 1. The first-order valence-corrected chi connectivity index (χ1v) is 12.1. The fourth-order valence-electron chi connectivity index (χ4n) is 4.97. The van der Waals surface area contributed by atoms with Crippen molar-refractivity contribution < 1.29 is 23.8 Å². The summed E-state index contributed by atoms with van der Waals surface area (Å²) in [6.07, 6.45) is 1.13. The lowest BCUT2D eigenvalue weighted by molar-refractivity contribution is -0.140. The van der Waals surface area contributed by atoms with E-state index in [4.69, 9.17) is 14.2 Å². The van der Waals surface area contributed by atoms with E-state index in [1.54, 1.807) is 0 Å². The molecule has 0 aromatic heterocycles. The van der Waals surface area contributed by atoms with Crippen LogP contribution in [0.3, 0.4) is 0 Å². The van der Waals surface area contributed by atoms with Gasteiger partial charge in [0.05, 0.1) is 5.57 Å². The highest BCUT2D eigenvalue weighted by atomic mass is 79.9. The number of ether oxygens (including phenoxy) is 3. The zero-order valence-corrected chi connectivity index (χ0v) is 21.0. The zero-order chi connectivity index (χ0) is 24.0. The Morgan fingerprint density at radius 1 is 1.15 bits per heavy atom. The number of Topliss-reactive ketones (excluding diaryl/α,β-unsaturated/α-hetero) is 1. The van der Waals surface area contributed by atoms with Crippen LogP contribution in [-0.2, 0) is 20.9 Å². The number of hydrogen-bond donors (Lipinski definition) is 1. The molecular weight excluding hydrogens is 498 g/mol. The molecule has 0 saturated heterocycles. The standard InChI is InChI=1S/C27H26BrNO5/c1-15-23(26(31)32-13-16-7-5-4-6-8-16)24(17-9-21-22(10-18(17)28)34-14-33-21)25-19(29-15)11-27(2,3)12-20(25)30/h4-10,24,29H,11-14H2,1-3H3/t24-/m1/s1. The molecule has 1 atom stereocenters. The fraction of sp³-hybridized carbons (Fsp3) is 0.333.